The largest absolute Gasteiger partial charge is 0.307 e. The van der Waals surface area contributed by atoms with Gasteiger partial charge in [0.05, 0.1) is 12.6 Å². The Hall–Kier alpha value is -2.27. The van der Waals surface area contributed by atoms with Gasteiger partial charge in [0.1, 0.15) is 17.2 Å². The lowest BCUT2D eigenvalue weighted by molar-refractivity contribution is 0.300. The van der Waals surface area contributed by atoms with Crippen LogP contribution in [-0.4, -0.2) is 33.0 Å². The van der Waals surface area contributed by atoms with E-state index in [1.54, 1.807) is 6.20 Å². The van der Waals surface area contributed by atoms with E-state index in [0.29, 0.717) is 12.6 Å². The molecule has 1 aromatic carbocycles. The molecule has 0 spiro atoms. The molecule has 1 aliphatic rings. The number of benzene rings is 1. The number of hydrogen-bond acceptors (Lipinski definition) is 3. The van der Waals surface area contributed by atoms with Crippen molar-refractivity contribution < 1.29 is 4.39 Å². The van der Waals surface area contributed by atoms with Crippen LogP contribution in [0.4, 0.5) is 4.39 Å². The van der Waals surface area contributed by atoms with Gasteiger partial charge in [-0.25, -0.2) is 14.4 Å². The minimum Gasteiger partial charge on any atom is -0.307 e. The van der Waals surface area contributed by atoms with Crippen LogP contribution >= 0.6 is 0 Å². The molecule has 0 saturated carbocycles. The first kappa shape index (κ1) is 14.3. The summed E-state index contributed by atoms with van der Waals surface area (Å²) in [6.07, 6.45) is 4.10. The zero-order chi connectivity index (χ0) is 15.8. The molecule has 118 valence electrons. The molecule has 1 unspecified atom stereocenters. The second-order valence-electron chi connectivity index (χ2n) is 6.17. The van der Waals surface area contributed by atoms with Crippen LogP contribution in [0.15, 0.2) is 42.6 Å². The number of imidazole rings is 1. The van der Waals surface area contributed by atoms with Crippen LogP contribution in [0.25, 0.3) is 11.2 Å². The maximum atomic E-state index is 13.2. The zero-order valence-corrected chi connectivity index (χ0v) is 13.1. The number of pyridine rings is 1. The Morgan fingerprint density at radius 3 is 2.78 bits per heavy atom. The number of aromatic nitrogens is 3. The third-order valence-electron chi connectivity index (χ3n) is 4.61. The second kappa shape index (κ2) is 5.74. The molecule has 3 heterocycles. The summed E-state index contributed by atoms with van der Waals surface area (Å²) in [7, 11) is 2.15. The monoisotopic (exact) mass is 310 g/mol. The fourth-order valence-corrected chi connectivity index (χ4v) is 3.40. The smallest absolute Gasteiger partial charge is 0.160 e. The lowest BCUT2D eigenvalue weighted by Gasteiger charge is -2.20. The highest BCUT2D eigenvalue weighted by atomic mass is 19.1. The van der Waals surface area contributed by atoms with Gasteiger partial charge in [0.2, 0.25) is 0 Å². The predicted octanol–water partition coefficient (Wildman–Crippen LogP) is 3.39. The molecular formula is C18H19FN4. The Labute approximate surface area is 134 Å². The molecule has 4 nitrogen and oxygen atoms in total. The van der Waals surface area contributed by atoms with Gasteiger partial charge in [-0.05, 0) is 56.3 Å². The molecule has 5 heteroatoms. The summed E-state index contributed by atoms with van der Waals surface area (Å²) < 4.78 is 15.3. The molecule has 23 heavy (non-hydrogen) atoms. The van der Waals surface area contributed by atoms with Crippen LogP contribution in [0.2, 0.25) is 0 Å². The van der Waals surface area contributed by atoms with Crippen molar-refractivity contribution in [2.24, 2.45) is 0 Å². The molecule has 1 atom stereocenters. The molecule has 3 aromatic rings. The van der Waals surface area contributed by atoms with Gasteiger partial charge in [-0.3, -0.25) is 4.90 Å². The van der Waals surface area contributed by atoms with E-state index >= 15 is 0 Å². The highest BCUT2D eigenvalue weighted by molar-refractivity contribution is 5.71. The standard InChI is InChI=1S/C18H19FN4/c1-22-11-3-5-16(22)18-21-15-4-2-10-20-17(15)23(18)12-13-6-8-14(19)9-7-13/h2,4,6-10,16H,3,5,11-12H2,1H3. The van der Waals surface area contributed by atoms with E-state index in [9.17, 15) is 4.39 Å². The summed E-state index contributed by atoms with van der Waals surface area (Å²) in [6.45, 7) is 1.76. The van der Waals surface area contributed by atoms with Gasteiger partial charge in [-0.15, -0.1) is 0 Å². The molecule has 1 saturated heterocycles. The topological polar surface area (TPSA) is 34.0 Å². The molecule has 0 amide bonds. The molecular weight excluding hydrogens is 291 g/mol. The number of rotatable bonds is 3. The normalized spacial score (nSPS) is 18.8. The first-order valence-corrected chi connectivity index (χ1v) is 7.98. The van der Waals surface area contributed by atoms with Crippen LogP contribution in [-0.2, 0) is 6.54 Å². The van der Waals surface area contributed by atoms with Gasteiger partial charge in [0.25, 0.3) is 0 Å². The fourth-order valence-electron chi connectivity index (χ4n) is 3.40. The fraction of sp³-hybridized carbons (Fsp3) is 0.333. The van der Waals surface area contributed by atoms with Crippen LogP contribution in [0.5, 0.6) is 0 Å². The molecule has 0 bridgehead atoms. The van der Waals surface area contributed by atoms with Gasteiger partial charge in [-0.1, -0.05) is 12.1 Å². The van der Waals surface area contributed by atoms with E-state index in [2.05, 4.69) is 21.5 Å². The van der Waals surface area contributed by atoms with E-state index in [1.807, 2.05) is 24.3 Å². The predicted molar refractivity (Wildman–Crippen MR) is 87.6 cm³/mol. The molecule has 0 aliphatic carbocycles. The third-order valence-corrected chi connectivity index (χ3v) is 4.61. The number of hydrogen-bond donors (Lipinski definition) is 0. The number of likely N-dealkylation sites (tertiary alicyclic amines) is 1. The van der Waals surface area contributed by atoms with Crippen molar-refractivity contribution in [1.82, 2.24) is 19.4 Å². The highest BCUT2D eigenvalue weighted by Crippen LogP contribution is 2.32. The van der Waals surface area contributed by atoms with E-state index in [4.69, 9.17) is 4.98 Å². The molecule has 1 fully saturated rings. The summed E-state index contributed by atoms with van der Waals surface area (Å²) >= 11 is 0. The van der Waals surface area contributed by atoms with Crippen molar-refractivity contribution in [1.29, 1.82) is 0 Å². The first-order valence-electron chi connectivity index (χ1n) is 7.98. The van der Waals surface area contributed by atoms with Gasteiger partial charge < -0.3 is 4.57 Å². The SMILES string of the molecule is CN1CCCC1c1nc2cccnc2n1Cc1ccc(F)cc1. The average molecular weight is 310 g/mol. The zero-order valence-electron chi connectivity index (χ0n) is 13.1. The Morgan fingerprint density at radius 2 is 2.04 bits per heavy atom. The minimum absolute atomic E-state index is 0.210. The average Bonchev–Trinajstić information content (AvgIpc) is 3.13. The molecule has 2 aromatic heterocycles. The Balaban J connectivity index is 1.80. The first-order chi connectivity index (χ1) is 11.2. The maximum absolute atomic E-state index is 13.2. The summed E-state index contributed by atoms with van der Waals surface area (Å²) in [5.41, 5.74) is 2.87. The lowest BCUT2D eigenvalue weighted by Crippen LogP contribution is -2.21. The highest BCUT2D eigenvalue weighted by Gasteiger charge is 2.28. The van der Waals surface area contributed by atoms with Crippen molar-refractivity contribution >= 4 is 11.2 Å². The van der Waals surface area contributed by atoms with Gasteiger partial charge in [-0.2, -0.15) is 0 Å². The quantitative estimate of drug-likeness (QED) is 0.743. The van der Waals surface area contributed by atoms with Crippen molar-refractivity contribution in [3.63, 3.8) is 0 Å². The van der Waals surface area contributed by atoms with Crippen molar-refractivity contribution in [3.05, 3.63) is 59.8 Å². The van der Waals surface area contributed by atoms with Gasteiger partial charge in [0.15, 0.2) is 5.65 Å². The van der Waals surface area contributed by atoms with Crippen molar-refractivity contribution in [3.8, 4) is 0 Å². The molecule has 4 rings (SSSR count). The van der Waals surface area contributed by atoms with Crippen LogP contribution < -0.4 is 0 Å². The van der Waals surface area contributed by atoms with E-state index in [-0.39, 0.29) is 5.82 Å². The Kier molecular flexibility index (Phi) is 3.58. The van der Waals surface area contributed by atoms with Gasteiger partial charge >= 0.3 is 0 Å². The lowest BCUT2D eigenvalue weighted by atomic mass is 10.2. The number of nitrogens with zero attached hydrogens (tertiary/aromatic N) is 4. The second-order valence-corrected chi connectivity index (χ2v) is 6.17. The van der Waals surface area contributed by atoms with Crippen molar-refractivity contribution in [2.75, 3.05) is 13.6 Å². The van der Waals surface area contributed by atoms with Crippen LogP contribution in [0, 0.1) is 5.82 Å². The summed E-state index contributed by atoms with van der Waals surface area (Å²) in [6, 6.07) is 10.9. The van der Waals surface area contributed by atoms with E-state index in [0.717, 1.165) is 35.5 Å². The summed E-state index contributed by atoms with van der Waals surface area (Å²) in [5, 5.41) is 0. The summed E-state index contributed by atoms with van der Waals surface area (Å²) in [5.74, 6) is 0.848. The Morgan fingerprint density at radius 1 is 1.22 bits per heavy atom. The molecule has 1 aliphatic heterocycles. The maximum Gasteiger partial charge on any atom is 0.160 e. The molecule has 0 radical (unpaired) electrons. The number of fused-ring (bicyclic) bond motifs is 1. The van der Waals surface area contributed by atoms with E-state index < -0.39 is 0 Å². The number of halogens is 1. The Bertz CT molecular complexity index is 825. The molecule has 0 N–H and O–H groups in total. The summed E-state index contributed by atoms with van der Waals surface area (Å²) in [4.78, 5) is 11.7. The van der Waals surface area contributed by atoms with Gasteiger partial charge in [0, 0.05) is 6.20 Å². The van der Waals surface area contributed by atoms with Crippen LogP contribution in [0.3, 0.4) is 0 Å². The van der Waals surface area contributed by atoms with Crippen molar-refractivity contribution in [2.45, 2.75) is 25.4 Å². The van der Waals surface area contributed by atoms with Crippen LogP contribution in [0.1, 0.15) is 30.3 Å². The third kappa shape index (κ3) is 2.61. The van der Waals surface area contributed by atoms with E-state index in [1.165, 1.54) is 18.6 Å². The minimum atomic E-state index is -0.210.